The Balaban J connectivity index is 1.26. The Bertz CT molecular complexity index is 1420. The van der Waals surface area contributed by atoms with Crippen LogP contribution >= 0.6 is 0 Å². The van der Waals surface area contributed by atoms with Crippen LogP contribution < -0.4 is 10.6 Å². The summed E-state index contributed by atoms with van der Waals surface area (Å²) in [6, 6.07) is 11.9. The third-order valence-corrected chi connectivity index (χ3v) is 6.25. The van der Waals surface area contributed by atoms with Crippen LogP contribution in [0.15, 0.2) is 48.9 Å². The van der Waals surface area contributed by atoms with Crippen molar-refractivity contribution in [2.75, 3.05) is 43.9 Å². The molecule has 0 atom stereocenters. The number of benzene rings is 1. The summed E-state index contributed by atoms with van der Waals surface area (Å²) in [5.74, 6) is 2.12. The minimum atomic E-state index is -0.491. The van der Waals surface area contributed by atoms with Crippen LogP contribution in [0.3, 0.4) is 0 Å². The minimum absolute atomic E-state index is 0.254. The predicted molar refractivity (Wildman–Crippen MR) is 147 cm³/mol. The van der Waals surface area contributed by atoms with Gasteiger partial charge in [-0.25, -0.2) is 24.7 Å². The van der Waals surface area contributed by atoms with Gasteiger partial charge in [0.25, 0.3) is 0 Å². The Kier molecular flexibility index (Phi) is 7.10. The topological polar surface area (TPSA) is 124 Å². The summed E-state index contributed by atoms with van der Waals surface area (Å²) in [4.78, 5) is 37.7. The number of aromatic amines is 1. The molecule has 0 unspecified atom stereocenters. The molecule has 11 nitrogen and oxygen atoms in total. The molecule has 0 bridgehead atoms. The molecule has 0 spiro atoms. The van der Waals surface area contributed by atoms with Crippen molar-refractivity contribution in [3.8, 4) is 11.3 Å². The van der Waals surface area contributed by atoms with Crippen molar-refractivity contribution in [3.63, 3.8) is 0 Å². The van der Waals surface area contributed by atoms with Crippen molar-refractivity contribution >= 4 is 34.7 Å². The Morgan fingerprint density at radius 3 is 2.66 bits per heavy atom. The fourth-order valence-electron chi connectivity index (χ4n) is 4.33. The van der Waals surface area contributed by atoms with Gasteiger partial charge in [0.15, 0.2) is 0 Å². The fourth-order valence-corrected chi connectivity index (χ4v) is 4.33. The summed E-state index contributed by atoms with van der Waals surface area (Å²) in [6.07, 6.45) is 3.06. The van der Waals surface area contributed by atoms with Crippen LogP contribution in [0.25, 0.3) is 22.3 Å². The molecule has 4 aromatic rings. The van der Waals surface area contributed by atoms with Crippen LogP contribution in [0.1, 0.15) is 26.3 Å². The molecule has 1 fully saturated rings. The lowest BCUT2D eigenvalue weighted by atomic mass is 10.1. The van der Waals surface area contributed by atoms with E-state index in [2.05, 4.69) is 41.5 Å². The third-order valence-electron chi connectivity index (χ3n) is 6.25. The number of piperazine rings is 1. The van der Waals surface area contributed by atoms with Crippen LogP contribution in [0, 0.1) is 0 Å². The number of nitrogens with one attached hydrogen (secondary N) is 3. The maximum Gasteiger partial charge on any atom is 0.410 e. The van der Waals surface area contributed by atoms with E-state index in [1.165, 1.54) is 0 Å². The van der Waals surface area contributed by atoms with Gasteiger partial charge in [0.2, 0.25) is 5.95 Å². The number of imidazole rings is 1. The van der Waals surface area contributed by atoms with Crippen LogP contribution in [-0.4, -0.2) is 79.6 Å². The SMILES string of the molecule is CNc1cc(-c2ccc3nc(Nc4ncccc4CN4CCN(C(=O)OC(C)(C)C)CC4)[nH]c3c2)ncn1. The minimum Gasteiger partial charge on any atom is -0.444 e. The largest absolute Gasteiger partial charge is 0.444 e. The molecular weight excluding hydrogens is 482 g/mol. The average molecular weight is 516 g/mol. The van der Waals surface area contributed by atoms with Crippen LogP contribution in [0.5, 0.6) is 0 Å². The number of amides is 1. The highest BCUT2D eigenvalue weighted by Crippen LogP contribution is 2.26. The van der Waals surface area contributed by atoms with E-state index in [4.69, 9.17) is 9.72 Å². The van der Waals surface area contributed by atoms with Crippen molar-refractivity contribution < 1.29 is 9.53 Å². The zero-order chi connectivity index (χ0) is 26.7. The number of carbonyl (C=O) groups excluding carboxylic acids is 1. The Morgan fingerprint density at radius 1 is 1.08 bits per heavy atom. The molecule has 1 aliphatic heterocycles. The van der Waals surface area contributed by atoms with Gasteiger partial charge in [0.05, 0.1) is 16.7 Å². The second-order valence-electron chi connectivity index (χ2n) is 10.2. The molecule has 1 aromatic carbocycles. The van der Waals surface area contributed by atoms with Gasteiger partial charge in [-0.1, -0.05) is 12.1 Å². The van der Waals surface area contributed by atoms with Gasteiger partial charge in [-0.3, -0.25) is 4.90 Å². The Morgan fingerprint density at radius 2 is 1.89 bits per heavy atom. The number of aromatic nitrogens is 5. The first kappa shape index (κ1) is 25.4. The standard InChI is InChI=1S/C27H33N9O2/c1-27(2,3)38-26(37)36-12-10-35(11-13-36)16-19-6-5-9-29-24(19)34-25-32-20-8-7-18(14-22(20)33-25)21-15-23(28-4)31-17-30-21/h5-9,14-15,17H,10-13,16H2,1-4H3,(H,28,30,31)(H2,29,32,33,34). The molecule has 1 amide bonds. The summed E-state index contributed by atoms with van der Waals surface area (Å²) in [6.45, 7) is 9.16. The number of hydrogen-bond donors (Lipinski definition) is 3. The number of ether oxygens (including phenoxy) is 1. The normalized spacial score (nSPS) is 14.5. The molecule has 0 radical (unpaired) electrons. The van der Waals surface area contributed by atoms with Gasteiger partial charge >= 0.3 is 6.09 Å². The molecule has 4 heterocycles. The summed E-state index contributed by atoms with van der Waals surface area (Å²) in [5.41, 5.74) is 4.10. The van der Waals surface area contributed by atoms with Crippen molar-refractivity contribution in [2.45, 2.75) is 32.9 Å². The van der Waals surface area contributed by atoms with E-state index in [9.17, 15) is 4.79 Å². The number of pyridine rings is 1. The molecule has 38 heavy (non-hydrogen) atoms. The molecule has 0 saturated carbocycles. The maximum atomic E-state index is 12.4. The van der Waals surface area contributed by atoms with E-state index in [1.54, 1.807) is 17.4 Å². The predicted octanol–water partition coefficient (Wildman–Crippen LogP) is 4.25. The van der Waals surface area contributed by atoms with Crippen LogP contribution in [0.4, 0.5) is 22.4 Å². The van der Waals surface area contributed by atoms with Crippen molar-refractivity contribution in [1.29, 1.82) is 0 Å². The van der Waals surface area contributed by atoms with E-state index in [-0.39, 0.29) is 6.09 Å². The second-order valence-corrected chi connectivity index (χ2v) is 10.2. The maximum absolute atomic E-state index is 12.4. The lowest BCUT2D eigenvalue weighted by molar-refractivity contribution is 0.0139. The highest BCUT2D eigenvalue weighted by atomic mass is 16.6. The number of H-pyrrole nitrogens is 1. The van der Waals surface area contributed by atoms with E-state index in [0.29, 0.717) is 25.6 Å². The molecule has 3 aromatic heterocycles. The van der Waals surface area contributed by atoms with E-state index in [0.717, 1.165) is 52.6 Å². The number of fused-ring (bicyclic) bond motifs is 1. The summed E-state index contributed by atoms with van der Waals surface area (Å²) in [5, 5.41) is 6.40. The summed E-state index contributed by atoms with van der Waals surface area (Å²) >= 11 is 0. The first-order valence-corrected chi connectivity index (χ1v) is 12.7. The van der Waals surface area contributed by atoms with Crippen LogP contribution in [0.2, 0.25) is 0 Å². The quantitative estimate of drug-likeness (QED) is 0.346. The fraction of sp³-hybridized carbons (Fsp3) is 0.370. The van der Waals surface area contributed by atoms with Crippen LogP contribution in [-0.2, 0) is 11.3 Å². The molecule has 5 rings (SSSR count). The molecule has 1 aliphatic rings. The van der Waals surface area contributed by atoms with Gasteiger partial charge in [-0.05, 0) is 39.0 Å². The smallest absolute Gasteiger partial charge is 0.410 e. The zero-order valence-electron chi connectivity index (χ0n) is 22.2. The van der Waals surface area contributed by atoms with Crippen molar-refractivity contribution in [2.24, 2.45) is 0 Å². The number of hydrogen-bond acceptors (Lipinski definition) is 9. The highest BCUT2D eigenvalue weighted by Gasteiger charge is 2.26. The van der Waals surface area contributed by atoms with E-state index in [1.807, 2.05) is 58.2 Å². The number of nitrogens with zero attached hydrogens (tertiary/aromatic N) is 6. The van der Waals surface area contributed by atoms with Gasteiger partial charge in [0, 0.05) is 63.2 Å². The highest BCUT2D eigenvalue weighted by molar-refractivity contribution is 5.83. The van der Waals surface area contributed by atoms with Gasteiger partial charge in [-0.15, -0.1) is 0 Å². The molecular formula is C27H33N9O2. The lowest BCUT2D eigenvalue weighted by Crippen LogP contribution is -2.49. The van der Waals surface area contributed by atoms with Crippen molar-refractivity contribution in [3.05, 3.63) is 54.5 Å². The monoisotopic (exact) mass is 515 g/mol. The number of rotatable bonds is 6. The first-order valence-electron chi connectivity index (χ1n) is 12.7. The van der Waals surface area contributed by atoms with Gasteiger partial charge in [0.1, 0.15) is 23.6 Å². The van der Waals surface area contributed by atoms with Crippen molar-refractivity contribution in [1.82, 2.24) is 34.7 Å². The zero-order valence-corrected chi connectivity index (χ0v) is 22.2. The average Bonchev–Trinajstić information content (AvgIpc) is 3.31. The molecule has 1 saturated heterocycles. The Labute approximate surface area is 221 Å². The molecule has 11 heteroatoms. The number of anilines is 3. The molecule has 0 aliphatic carbocycles. The Hall–Kier alpha value is -4.25. The first-order chi connectivity index (χ1) is 18.3. The van der Waals surface area contributed by atoms with Gasteiger partial charge < -0.3 is 25.3 Å². The van der Waals surface area contributed by atoms with E-state index >= 15 is 0 Å². The third kappa shape index (κ3) is 6.00. The summed E-state index contributed by atoms with van der Waals surface area (Å²) in [7, 11) is 1.83. The number of carbonyl (C=O) groups is 1. The molecule has 3 N–H and O–H groups in total. The second kappa shape index (κ2) is 10.6. The van der Waals surface area contributed by atoms with E-state index < -0.39 is 5.60 Å². The lowest BCUT2D eigenvalue weighted by Gasteiger charge is -2.35. The molecule has 198 valence electrons. The van der Waals surface area contributed by atoms with Gasteiger partial charge in [-0.2, -0.15) is 0 Å². The summed E-state index contributed by atoms with van der Waals surface area (Å²) < 4.78 is 5.51.